The number of phenols is 1. The molecule has 7 nitrogen and oxygen atoms in total. The number of aromatic hydroxyl groups is 1. The van der Waals surface area contributed by atoms with E-state index in [0.717, 1.165) is 15.8 Å². The van der Waals surface area contributed by atoms with E-state index in [0.29, 0.717) is 16.3 Å². The molecule has 0 bridgehead atoms. The van der Waals surface area contributed by atoms with Crippen molar-refractivity contribution < 1.29 is 10.0 Å². The molecule has 0 aliphatic carbocycles. The molecule has 1 unspecified atom stereocenters. The number of nitro groups is 1. The van der Waals surface area contributed by atoms with Crippen molar-refractivity contribution in [2.24, 2.45) is 0 Å². The fourth-order valence-electron chi connectivity index (χ4n) is 3.21. The van der Waals surface area contributed by atoms with Crippen molar-refractivity contribution in [1.29, 1.82) is 0 Å². The van der Waals surface area contributed by atoms with Gasteiger partial charge in [0.25, 0.3) is 5.69 Å². The molecule has 0 spiro atoms. The fraction of sp³-hybridized carbons (Fsp3) is 0.100. The molecule has 0 amide bonds. The summed E-state index contributed by atoms with van der Waals surface area (Å²) in [6.07, 6.45) is 0. The van der Waals surface area contributed by atoms with Crippen molar-refractivity contribution in [3.8, 4) is 5.75 Å². The summed E-state index contributed by atoms with van der Waals surface area (Å²) in [6.45, 7) is 1.85. The summed E-state index contributed by atoms with van der Waals surface area (Å²) < 4.78 is 0. The van der Waals surface area contributed by atoms with Gasteiger partial charge < -0.3 is 10.4 Å². The summed E-state index contributed by atoms with van der Waals surface area (Å²) in [4.78, 5) is 10.8. The van der Waals surface area contributed by atoms with E-state index in [4.69, 9.17) is 0 Å². The number of nitro benzene ring substituents is 1. The highest BCUT2D eigenvalue weighted by atomic mass is 32.1. The second-order valence-corrected chi connectivity index (χ2v) is 7.46. The summed E-state index contributed by atoms with van der Waals surface area (Å²) in [7, 11) is 0. The molecular formula is C20H16N4O3S. The molecule has 4 rings (SSSR count). The van der Waals surface area contributed by atoms with Crippen LogP contribution in [0.3, 0.4) is 0 Å². The molecule has 1 heterocycles. The minimum atomic E-state index is -0.543. The Morgan fingerprint density at radius 3 is 2.68 bits per heavy atom. The van der Waals surface area contributed by atoms with Crippen molar-refractivity contribution in [2.75, 3.05) is 5.32 Å². The molecule has 1 aromatic heterocycles. The molecule has 0 saturated carbocycles. The molecule has 0 radical (unpaired) electrons. The Labute approximate surface area is 164 Å². The summed E-state index contributed by atoms with van der Waals surface area (Å²) in [5.74, 6) is 0.101. The first-order chi connectivity index (χ1) is 13.5. The zero-order valence-corrected chi connectivity index (χ0v) is 15.7. The largest absolute Gasteiger partial charge is 0.508 e. The van der Waals surface area contributed by atoms with Gasteiger partial charge in [-0.3, -0.25) is 10.1 Å². The van der Waals surface area contributed by atoms with Gasteiger partial charge in [-0.1, -0.05) is 53.8 Å². The van der Waals surface area contributed by atoms with Gasteiger partial charge in [-0.05, 0) is 29.3 Å². The van der Waals surface area contributed by atoms with Gasteiger partial charge in [-0.2, -0.15) is 0 Å². The summed E-state index contributed by atoms with van der Waals surface area (Å²) >= 11 is 1.38. The lowest BCUT2D eigenvalue weighted by Gasteiger charge is -2.22. The molecule has 1 atom stereocenters. The number of aromatic nitrogens is 2. The van der Waals surface area contributed by atoms with Crippen LogP contribution in [0.15, 0.2) is 60.7 Å². The Bertz CT molecular complexity index is 1180. The number of aryl methyl sites for hydroxylation is 1. The maximum absolute atomic E-state index is 11.3. The van der Waals surface area contributed by atoms with Crippen LogP contribution in [0.4, 0.5) is 10.8 Å². The maximum atomic E-state index is 11.3. The lowest BCUT2D eigenvalue weighted by molar-refractivity contribution is -0.384. The van der Waals surface area contributed by atoms with Gasteiger partial charge in [-0.25, -0.2) is 0 Å². The smallest absolute Gasteiger partial charge is 0.269 e. The van der Waals surface area contributed by atoms with E-state index < -0.39 is 11.0 Å². The molecule has 8 heteroatoms. The van der Waals surface area contributed by atoms with E-state index in [1.165, 1.54) is 23.5 Å². The zero-order valence-electron chi connectivity index (χ0n) is 14.9. The third kappa shape index (κ3) is 3.37. The average Bonchev–Trinajstić information content (AvgIpc) is 3.11. The second-order valence-electron chi connectivity index (χ2n) is 6.28. The Morgan fingerprint density at radius 1 is 1.11 bits per heavy atom. The van der Waals surface area contributed by atoms with Crippen LogP contribution >= 0.6 is 11.3 Å². The number of benzene rings is 3. The molecule has 4 aromatic rings. The van der Waals surface area contributed by atoms with E-state index in [-0.39, 0.29) is 11.4 Å². The van der Waals surface area contributed by atoms with E-state index >= 15 is 0 Å². The number of nitrogens with zero attached hydrogens (tertiary/aromatic N) is 3. The number of non-ortho nitro benzene ring substituents is 1. The van der Waals surface area contributed by atoms with Crippen LogP contribution in [0.1, 0.15) is 22.2 Å². The summed E-state index contributed by atoms with van der Waals surface area (Å²) in [5.41, 5.74) is 1.26. The highest BCUT2D eigenvalue weighted by molar-refractivity contribution is 7.15. The van der Waals surface area contributed by atoms with E-state index in [1.807, 2.05) is 37.3 Å². The Balaban J connectivity index is 1.92. The number of hydrogen-bond donors (Lipinski definition) is 2. The van der Waals surface area contributed by atoms with Crippen molar-refractivity contribution in [1.82, 2.24) is 10.2 Å². The number of hydrogen-bond acceptors (Lipinski definition) is 7. The highest BCUT2D eigenvalue weighted by Gasteiger charge is 2.23. The van der Waals surface area contributed by atoms with Crippen LogP contribution in [0, 0.1) is 17.0 Å². The number of nitrogens with one attached hydrogen (secondary N) is 1. The quantitative estimate of drug-likeness (QED) is 0.373. The van der Waals surface area contributed by atoms with Crippen LogP contribution in [0.25, 0.3) is 10.8 Å². The van der Waals surface area contributed by atoms with Crippen molar-refractivity contribution >= 4 is 32.9 Å². The van der Waals surface area contributed by atoms with Crippen LogP contribution in [0.5, 0.6) is 5.75 Å². The average molecular weight is 392 g/mol. The number of phenolic OH excluding ortho intramolecular Hbond substituents is 1. The van der Waals surface area contributed by atoms with Crippen molar-refractivity contribution in [3.63, 3.8) is 0 Å². The Morgan fingerprint density at radius 2 is 1.93 bits per heavy atom. The first-order valence-corrected chi connectivity index (χ1v) is 9.36. The minimum absolute atomic E-state index is 0.0162. The van der Waals surface area contributed by atoms with Gasteiger partial charge in [0, 0.05) is 17.7 Å². The van der Waals surface area contributed by atoms with Gasteiger partial charge in [-0.15, -0.1) is 10.2 Å². The molecule has 2 N–H and O–H groups in total. The standard InChI is InChI=1S/C20H16N4O3S/c1-12-22-23-20(28-12)21-19(14-6-4-7-15(11-14)24(26)27)18-16-8-3-2-5-13(16)9-10-17(18)25/h2-11,19,25H,1H3,(H,21,23). The molecule has 0 saturated heterocycles. The lowest BCUT2D eigenvalue weighted by atomic mass is 9.92. The summed E-state index contributed by atoms with van der Waals surface area (Å²) in [6, 6.07) is 17.0. The molecule has 3 aromatic carbocycles. The van der Waals surface area contributed by atoms with E-state index in [9.17, 15) is 15.2 Å². The third-order valence-corrected chi connectivity index (χ3v) is 5.21. The van der Waals surface area contributed by atoms with Gasteiger partial charge >= 0.3 is 0 Å². The normalized spacial score (nSPS) is 12.0. The highest BCUT2D eigenvalue weighted by Crippen LogP contribution is 2.38. The van der Waals surface area contributed by atoms with Gasteiger partial charge in [0.15, 0.2) is 0 Å². The maximum Gasteiger partial charge on any atom is 0.269 e. The number of anilines is 1. The zero-order chi connectivity index (χ0) is 19.7. The number of fused-ring (bicyclic) bond motifs is 1. The van der Waals surface area contributed by atoms with E-state index in [2.05, 4.69) is 15.5 Å². The predicted octanol–water partition coefficient (Wildman–Crippen LogP) is 4.82. The first-order valence-electron chi connectivity index (χ1n) is 8.54. The van der Waals surface area contributed by atoms with Crippen LogP contribution < -0.4 is 5.32 Å². The molecular weight excluding hydrogens is 376 g/mol. The molecule has 140 valence electrons. The summed E-state index contributed by atoms with van der Waals surface area (Å²) in [5, 5.41) is 36.6. The molecule has 0 aliphatic rings. The van der Waals surface area contributed by atoms with Gasteiger partial charge in [0.05, 0.1) is 11.0 Å². The van der Waals surface area contributed by atoms with E-state index in [1.54, 1.807) is 18.2 Å². The van der Waals surface area contributed by atoms with Gasteiger partial charge in [0.1, 0.15) is 10.8 Å². The van der Waals surface area contributed by atoms with Crippen LogP contribution in [-0.2, 0) is 0 Å². The van der Waals surface area contributed by atoms with Crippen molar-refractivity contribution in [3.05, 3.63) is 86.9 Å². The van der Waals surface area contributed by atoms with Gasteiger partial charge in [0.2, 0.25) is 5.13 Å². The van der Waals surface area contributed by atoms with Crippen LogP contribution in [0.2, 0.25) is 0 Å². The Kier molecular flexibility index (Phi) is 4.62. The van der Waals surface area contributed by atoms with Crippen LogP contribution in [-0.4, -0.2) is 20.2 Å². The topological polar surface area (TPSA) is 101 Å². The predicted molar refractivity (Wildman–Crippen MR) is 109 cm³/mol. The SMILES string of the molecule is Cc1nnc(NC(c2cccc([N+](=O)[O-])c2)c2c(O)ccc3ccccc23)s1. The molecule has 28 heavy (non-hydrogen) atoms. The van der Waals surface area contributed by atoms with Crippen molar-refractivity contribution in [2.45, 2.75) is 13.0 Å². The molecule has 0 fully saturated rings. The Hall–Kier alpha value is -3.52. The second kappa shape index (κ2) is 7.24. The fourth-order valence-corrected chi connectivity index (χ4v) is 3.83. The third-order valence-electron chi connectivity index (χ3n) is 4.44. The number of rotatable bonds is 5. The lowest BCUT2D eigenvalue weighted by Crippen LogP contribution is -2.13. The monoisotopic (exact) mass is 392 g/mol. The molecule has 0 aliphatic heterocycles. The first kappa shape index (κ1) is 17.9. The minimum Gasteiger partial charge on any atom is -0.508 e.